The Morgan fingerprint density at radius 2 is 1.84 bits per heavy atom. The SMILES string of the molecule is CCC1CCCC(OC2CC(Br)C23CCCCC3)C1. The highest BCUT2D eigenvalue weighted by molar-refractivity contribution is 9.09. The Balaban J connectivity index is 1.57. The van der Waals surface area contributed by atoms with Gasteiger partial charge in [0.25, 0.3) is 0 Å². The zero-order valence-corrected chi connectivity index (χ0v) is 14.0. The van der Waals surface area contributed by atoms with Gasteiger partial charge >= 0.3 is 0 Å². The van der Waals surface area contributed by atoms with Gasteiger partial charge in [-0.15, -0.1) is 0 Å². The lowest BCUT2D eigenvalue weighted by Gasteiger charge is -2.56. The Hall–Kier alpha value is 0.440. The van der Waals surface area contributed by atoms with Gasteiger partial charge in [0.05, 0.1) is 12.2 Å². The van der Waals surface area contributed by atoms with E-state index in [1.54, 1.807) is 0 Å². The topological polar surface area (TPSA) is 9.23 Å². The van der Waals surface area contributed by atoms with Crippen LogP contribution < -0.4 is 0 Å². The fourth-order valence-corrected chi connectivity index (χ4v) is 5.80. The molecule has 0 heterocycles. The van der Waals surface area contributed by atoms with Crippen LogP contribution in [0, 0.1) is 11.3 Å². The minimum Gasteiger partial charge on any atom is -0.374 e. The quantitative estimate of drug-likeness (QED) is 0.625. The number of ether oxygens (including phenoxy) is 1. The van der Waals surface area contributed by atoms with E-state index < -0.39 is 0 Å². The van der Waals surface area contributed by atoms with Gasteiger partial charge in [-0.2, -0.15) is 0 Å². The van der Waals surface area contributed by atoms with Crippen LogP contribution >= 0.6 is 15.9 Å². The van der Waals surface area contributed by atoms with Crippen molar-refractivity contribution in [3.63, 3.8) is 0 Å². The van der Waals surface area contributed by atoms with E-state index in [0.717, 1.165) is 10.7 Å². The van der Waals surface area contributed by atoms with Crippen molar-refractivity contribution in [2.75, 3.05) is 0 Å². The molecule has 3 saturated carbocycles. The van der Waals surface area contributed by atoms with Gasteiger partial charge < -0.3 is 4.74 Å². The van der Waals surface area contributed by atoms with Crippen molar-refractivity contribution in [3.8, 4) is 0 Å². The maximum absolute atomic E-state index is 6.59. The monoisotopic (exact) mass is 328 g/mol. The second-order valence-electron chi connectivity index (χ2n) is 7.18. The van der Waals surface area contributed by atoms with Gasteiger partial charge in [-0.3, -0.25) is 0 Å². The minimum absolute atomic E-state index is 0.511. The summed E-state index contributed by atoms with van der Waals surface area (Å²) in [5.41, 5.74) is 0.511. The molecule has 0 bridgehead atoms. The molecule has 0 aromatic carbocycles. The van der Waals surface area contributed by atoms with Gasteiger partial charge in [0.2, 0.25) is 0 Å². The largest absolute Gasteiger partial charge is 0.374 e. The molecule has 0 aliphatic heterocycles. The summed E-state index contributed by atoms with van der Waals surface area (Å²) in [5, 5.41) is 0. The van der Waals surface area contributed by atoms with E-state index in [2.05, 4.69) is 22.9 Å². The molecule has 4 atom stereocenters. The van der Waals surface area contributed by atoms with Crippen LogP contribution in [0.2, 0.25) is 0 Å². The van der Waals surface area contributed by atoms with Crippen molar-refractivity contribution in [1.29, 1.82) is 0 Å². The van der Waals surface area contributed by atoms with E-state index in [-0.39, 0.29) is 0 Å². The summed E-state index contributed by atoms with van der Waals surface area (Å²) in [6.45, 7) is 2.34. The third-order valence-corrected chi connectivity index (χ3v) is 7.42. The number of alkyl halides is 1. The Morgan fingerprint density at radius 1 is 1.05 bits per heavy atom. The van der Waals surface area contributed by atoms with Gasteiger partial charge in [0.15, 0.2) is 0 Å². The number of hydrogen-bond acceptors (Lipinski definition) is 1. The normalized spacial score (nSPS) is 42.0. The second kappa shape index (κ2) is 6.05. The highest BCUT2D eigenvalue weighted by Crippen LogP contribution is 2.57. The van der Waals surface area contributed by atoms with E-state index in [1.807, 2.05) is 0 Å². The summed E-state index contributed by atoms with van der Waals surface area (Å²) >= 11 is 3.93. The fourth-order valence-electron chi connectivity index (χ4n) is 4.70. The van der Waals surface area contributed by atoms with Gasteiger partial charge in [0, 0.05) is 10.2 Å². The summed E-state index contributed by atoms with van der Waals surface area (Å²) in [6.07, 6.45) is 16.3. The smallest absolute Gasteiger partial charge is 0.0656 e. The van der Waals surface area contributed by atoms with Crippen molar-refractivity contribution in [1.82, 2.24) is 0 Å². The highest BCUT2D eigenvalue weighted by atomic mass is 79.9. The molecule has 1 nitrogen and oxygen atoms in total. The lowest BCUT2D eigenvalue weighted by Crippen LogP contribution is -2.57. The lowest BCUT2D eigenvalue weighted by atomic mass is 9.58. The zero-order valence-electron chi connectivity index (χ0n) is 12.4. The van der Waals surface area contributed by atoms with E-state index >= 15 is 0 Å². The van der Waals surface area contributed by atoms with Gasteiger partial charge in [0.1, 0.15) is 0 Å². The molecule has 2 heteroatoms. The third kappa shape index (κ3) is 2.77. The van der Waals surface area contributed by atoms with Crippen molar-refractivity contribution >= 4 is 15.9 Å². The zero-order chi connectivity index (χ0) is 13.3. The number of rotatable bonds is 3. The fraction of sp³-hybridized carbons (Fsp3) is 1.00. The molecule has 0 radical (unpaired) electrons. The molecule has 3 aliphatic rings. The first kappa shape index (κ1) is 14.4. The van der Waals surface area contributed by atoms with Crippen LogP contribution in [0.15, 0.2) is 0 Å². The van der Waals surface area contributed by atoms with Crippen LogP contribution in [-0.2, 0) is 4.74 Å². The first-order valence-corrected chi connectivity index (χ1v) is 9.45. The van der Waals surface area contributed by atoms with E-state index in [4.69, 9.17) is 4.74 Å². The maximum Gasteiger partial charge on any atom is 0.0656 e. The molecule has 0 saturated heterocycles. The molecule has 3 fully saturated rings. The van der Waals surface area contributed by atoms with Gasteiger partial charge in [-0.1, -0.05) is 61.4 Å². The highest BCUT2D eigenvalue weighted by Gasteiger charge is 2.55. The second-order valence-corrected chi connectivity index (χ2v) is 8.29. The Labute approximate surface area is 127 Å². The Kier molecular flexibility index (Phi) is 4.58. The molecular weight excluding hydrogens is 300 g/mol. The first-order chi connectivity index (χ1) is 9.24. The molecule has 3 aliphatic carbocycles. The van der Waals surface area contributed by atoms with Crippen LogP contribution in [0.4, 0.5) is 0 Å². The first-order valence-electron chi connectivity index (χ1n) is 8.54. The number of hydrogen-bond donors (Lipinski definition) is 0. The summed E-state index contributed by atoms with van der Waals surface area (Å²) in [4.78, 5) is 0.732. The lowest BCUT2D eigenvalue weighted by molar-refractivity contribution is -0.159. The molecule has 0 amide bonds. The van der Waals surface area contributed by atoms with Crippen LogP contribution in [0.25, 0.3) is 0 Å². The van der Waals surface area contributed by atoms with Crippen LogP contribution in [0.1, 0.15) is 77.6 Å². The minimum atomic E-state index is 0.511. The molecule has 3 rings (SSSR count). The number of halogens is 1. The molecule has 0 aromatic rings. The summed E-state index contributed by atoms with van der Waals surface area (Å²) in [6, 6.07) is 0. The predicted octanol–water partition coefficient (Wildman–Crippen LogP) is 5.46. The standard InChI is InChI=1S/C17H29BrO/c1-2-13-7-6-8-14(11-13)19-16-12-15(18)17(16)9-4-3-5-10-17/h13-16H,2-12H2,1H3. The van der Waals surface area contributed by atoms with E-state index in [1.165, 1.54) is 70.6 Å². The van der Waals surface area contributed by atoms with Gasteiger partial charge in [-0.25, -0.2) is 0 Å². The average molecular weight is 329 g/mol. The molecule has 19 heavy (non-hydrogen) atoms. The summed E-state index contributed by atoms with van der Waals surface area (Å²) in [5.74, 6) is 0.931. The van der Waals surface area contributed by atoms with Crippen molar-refractivity contribution in [3.05, 3.63) is 0 Å². The van der Waals surface area contributed by atoms with E-state index in [9.17, 15) is 0 Å². The van der Waals surface area contributed by atoms with Crippen LogP contribution in [-0.4, -0.2) is 17.0 Å². The predicted molar refractivity (Wildman–Crippen MR) is 83.8 cm³/mol. The van der Waals surface area contributed by atoms with E-state index in [0.29, 0.717) is 17.6 Å². The Bertz CT molecular complexity index is 298. The van der Waals surface area contributed by atoms with Crippen molar-refractivity contribution in [2.24, 2.45) is 11.3 Å². The maximum atomic E-state index is 6.59. The molecular formula is C17H29BrO. The molecule has 1 spiro atoms. The molecule has 4 unspecified atom stereocenters. The average Bonchev–Trinajstić information content (AvgIpc) is 2.48. The third-order valence-electron chi connectivity index (χ3n) is 6.14. The molecule has 0 N–H and O–H groups in total. The summed E-state index contributed by atoms with van der Waals surface area (Å²) in [7, 11) is 0. The van der Waals surface area contributed by atoms with Crippen molar-refractivity contribution < 1.29 is 4.74 Å². The van der Waals surface area contributed by atoms with Crippen LogP contribution in [0.3, 0.4) is 0 Å². The van der Waals surface area contributed by atoms with Gasteiger partial charge in [-0.05, 0) is 38.0 Å². The summed E-state index contributed by atoms with van der Waals surface area (Å²) < 4.78 is 6.59. The van der Waals surface area contributed by atoms with Crippen molar-refractivity contribution in [2.45, 2.75) is 94.6 Å². The Morgan fingerprint density at radius 3 is 2.53 bits per heavy atom. The van der Waals surface area contributed by atoms with Crippen LogP contribution in [0.5, 0.6) is 0 Å². The molecule has 110 valence electrons. The molecule has 0 aromatic heterocycles.